The van der Waals surface area contributed by atoms with Crippen molar-refractivity contribution in [2.75, 3.05) is 19.8 Å². The molecule has 0 spiro atoms. The highest BCUT2D eigenvalue weighted by molar-refractivity contribution is 14.1. The topological polar surface area (TPSA) is 78.4 Å². The molecule has 0 aliphatic carbocycles. The maximum atomic E-state index is 12.1. The Kier molecular flexibility index (Phi) is 8.06. The van der Waals surface area contributed by atoms with Crippen LogP contribution in [0.15, 0.2) is 47.6 Å². The van der Waals surface area contributed by atoms with Gasteiger partial charge in [-0.2, -0.15) is 5.10 Å². The number of hydrogen-bond acceptors (Lipinski definition) is 6. The Hall–Kier alpha value is -2.17. The third-order valence-corrected chi connectivity index (χ3v) is 5.14. The van der Waals surface area contributed by atoms with E-state index in [2.05, 4.69) is 33.1 Å². The van der Waals surface area contributed by atoms with Crippen molar-refractivity contribution in [3.8, 4) is 11.5 Å². The van der Waals surface area contributed by atoms with Crippen LogP contribution in [0.25, 0.3) is 0 Å². The quantitative estimate of drug-likeness (QED) is 0.306. The third kappa shape index (κ3) is 6.41. The molecule has 1 amide bonds. The molecule has 0 radical (unpaired) electrons. The van der Waals surface area contributed by atoms with Crippen LogP contribution in [0.2, 0.25) is 0 Å². The second-order valence-electron chi connectivity index (χ2n) is 6.84. The number of hydrogen-bond donors (Lipinski definition) is 1. The van der Waals surface area contributed by atoms with Gasteiger partial charge in [-0.15, -0.1) is 0 Å². The summed E-state index contributed by atoms with van der Waals surface area (Å²) in [4.78, 5) is 12.1. The molecule has 1 saturated heterocycles. The number of carbonyl (C=O) groups excluding carboxylic acids is 1. The first-order valence-corrected chi connectivity index (χ1v) is 10.8. The summed E-state index contributed by atoms with van der Waals surface area (Å²) in [6.45, 7) is 5.60. The average Bonchev–Trinajstić information content (AvgIpc) is 3.14. The molecule has 3 rings (SSSR count). The zero-order valence-electron chi connectivity index (χ0n) is 17.0. The van der Waals surface area contributed by atoms with Crippen LogP contribution in [0.4, 0.5) is 0 Å². The van der Waals surface area contributed by atoms with Gasteiger partial charge in [0.15, 0.2) is 17.3 Å². The number of nitrogens with zero attached hydrogens (tertiary/aromatic N) is 1. The van der Waals surface area contributed by atoms with E-state index in [1.807, 2.05) is 49.4 Å². The SMILES string of the molecule is CCOc1cc(/C=N\NC(=O)CC2(C)OCCO2)cc(I)c1OCc1ccccc1. The molecule has 0 unspecified atom stereocenters. The Morgan fingerprint density at radius 1 is 1.23 bits per heavy atom. The monoisotopic (exact) mass is 524 g/mol. The van der Waals surface area contributed by atoms with Crippen LogP contribution in [-0.4, -0.2) is 37.7 Å². The lowest BCUT2D eigenvalue weighted by molar-refractivity contribution is -0.159. The maximum absolute atomic E-state index is 12.1. The number of ether oxygens (including phenoxy) is 4. The van der Waals surface area contributed by atoms with Gasteiger partial charge in [-0.1, -0.05) is 30.3 Å². The van der Waals surface area contributed by atoms with Crippen LogP contribution in [-0.2, 0) is 20.9 Å². The molecule has 2 aromatic rings. The molecule has 1 aliphatic rings. The molecular weight excluding hydrogens is 499 g/mol. The predicted octanol–water partition coefficient (Wildman–Crippen LogP) is 3.87. The van der Waals surface area contributed by atoms with E-state index in [0.717, 1.165) is 14.7 Å². The van der Waals surface area contributed by atoms with E-state index in [0.29, 0.717) is 37.9 Å². The Morgan fingerprint density at radius 2 is 1.97 bits per heavy atom. The lowest BCUT2D eigenvalue weighted by atomic mass is 10.2. The van der Waals surface area contributed by atoms with Gasteiger partial charge in [0.05, 0.1) is 36.0 Å². The largest absolute Gasteiger partial charge is 0.490 e. The van der Waals surface area contributed by atoms with Crippen molar-refractivity contribution in [1.82, 2.24) is 5.43 Å². The van der Waals surface area contributed by atoms with Crippen molar-refractivity contribution in [2.24, 2.45) is 5.10 Å². The fourth-order valence-electron chi connectivity index (χ4n) is 2.96. The summed E-state index contributed by atoms with van der Waals surface area (Å²) in [6, 6.07) is 13.7. The Morgan fingerprint density at radius 3 is 2.67 bits per heavy atom. The summed E-state index contributed by atoms with van der Waals surface area (Å²) in [5.41, 5.74) is 4.38. The molecule has 30 heavy (non-hydrogen) atoms. The molecule has 1 aliphatic heterocycles. The van der Waals surface area contributed by atoms with Crippen LogP contribution >= 0.6 is 22.6 Å². The van der Waals surface area contributed by atoms with Crippen LogP contribution in [0, 0.1) is 3.57 Å². The van der Waals surface area contributed by atoms with E-state index >= 15 is 0 Å². The second-order valence-corrected chi connectivity index (χ2v) is 8.00. The second kappa shape index (κ2) is 10.7. The van der Waals surface area contributed by atoms with Crippen LogP contribution in [0.5, 0.6) is 11.5 Å². The van der Waals surface area contributed by atoms with Gasteiger partial charge in [0.25, 0.3) is 0 Å². The van der Waals surface area contributed by atoms with Crippen LogP contribution < -0.4 is 14.9 Å². The number of halogens is 1. The normalized spacial score (nSPS) is 15.3. The molecule has 0 saturated carbocycles. The van der Waals surface area contributed by atoms with Crippen LogP contribution in [0.1, 0.15) is 31.4 Å². The van der Waals surface area contributed by atoms with Crippen molar-refractivity contribution in [1.29, 1.82) is 0 Å². The minimum absolute atomic E-state index is 0.0817. The number of hydrazone groups is 1. The van der Waals surface area contributed by atoms with Gasteiger partial charge in [0.2, 0.25) is 5.91 Å². The van der Waals surface area contributed by atoms with E-state index in [4.69, 9.17) is 18.9 Å². The van der Waals surface area contributed by atoms with Gasteiger partial charge in [-0.05, 0) is 59.7 Å². The van der Waals surface area contributed by atoms with Gasteiger partial charge in [0.1, 0.15) is 6.61 Å². The smallest absolute Gasteiger partial charge is 0.245 e. The highest BCUT2D eigenvalue weighted by Crippen LogP contribution is 2.34. The minimum atomic E-state index is -0.880. The zero-order chi connectivity index (χ0) is 21.4. The first-order chi connectivity index (χ1) is 14.5. The molecule has 7 nitrogen and oxygen atoms in total. The predicted molar refractivity (Wildman–Crippen MR) is 122 cm³/mol. The number of benzene rings is 2. The maximum Gasteiger partial charge on any atom is 0.245 e. The molecule has 0 atom stereocenters. The number of carbonyl (C=O) groups is 1. The highest BCUT2D eigenvalue weighted by Gasteiger charge is 2.33. The van der Waals surface area contributed by atoms with E-state index in [1.54, 1.807) is 13.1 Å². The summed E-state index contributed by atoms with van der Waals surface area (Å²) < 4.78 is 23.5. The van der Waals surface area contributed by atoms with Crippen molar-refractivity contribution < 1.29 is 23.7 Å². The molecule has 1 fully saturated rings. The number of amides is 1. The third-order valence-electron chi connectivity index (χ3n) is 4.34. The lowest BCUT2D eigenvalue weighted by Gasteiger charge is -2.20. The fraction of sp³-hybridized carbons (Fsp3) is 0.364. The van der Waals surface area contributed by atoms with Crippen molar-refractivity contribution in [3.05, 3.63) is 57.2 Å². The van der Waals surface area contributed by atoms with Gasteiger partial charge < -0.3 is 18.9 Å². The van der Waals surface area contributed by atoms with Crippen molar-refractivity contribution >= 4 is 34.7 Å². The summed E-state index contributed by atoms with van der Waals surface area (Å²) in [6.07, 6.45) is 1.65. The van der Waals surface area contributed by atoms with Crippen molar-refractivity contribution in [3.63, 3.8) is 0 Å². The molecule has 0 aromatic heterocycles. The zero-order valence-corrected chi connectivity index (χ0v) is 19.2. The van der Waals surface area contributed by atoms with Gasteiger partial charge >= 0.3 is 0 Å². The summed E-state index contributed by atoms with van der Waals surface area (Å²) in [5, 5.41) is 4.04. The standard InChI is InChI=1S/C22H25IN2O5/c1-3-27-19-12-17(14-24-25-20(26)13-22(2)29-9-10-30-22)11-18(23)21(19)28-15-16-7-5-4-6-8-16/h4-8,11-12,14H,3,9-10,13,15H2,1-2H3,(H,25,26)/b24-14-. The first-order valence-electron chi connectivity index (χ1n) is 9.72. The minimum Gasteiger partial charge on any atom is -0.490 e. The summed E-state index contributed by atoms with van der Waals surface area (Å²) in [5.74, 6) is 0.159. The lowest BCUT2D eigenvalue weighted by Crippen LogP contribution is -2.33. The molecule has 8 heteroatoms. The fourth-order valence-corrected chi connectivity index (χ4v) is 3.75. The highest BCUT2D eigenvalue weighted by atomic mass is 127. The van der Waals surface area contributed by atoms with E-state index in [9.17, 15) is 4.79 Å². The van der Waals surface area contributed by atoms with Gasteiger partial charge in [-0.3, -0.25) is 4.79 Å². The van der Waals surface area contributed by atoms with Crippen LogP contribution in [0.3, 0.4) is 0 Å². The molecule has 2 aromatic carbocycles. The molecule has 1 heterocycles. The van der Waals surface area contributed by atoms with E-state index in [-0.39, 0.29) is 12.3 Å². The van der Waals surface area contributed by atoms with Gasteiger partial charge in [0, 0.05) is 0 Å². The molecule has 1 N–H and O–H groups in total. The average molecular weight is 524 g/mol. The van der Waals surface area contributed by atoms with Crippen molar-refractivity contribution in [2.45, 2.75) is 32.7 Å². The molecule has 160 valence electrons. The molecular formula is C22H25IN2O5. The van der Waals surface area contributed by atoms with E-state index in [1.165, 1.54) is 0 Å². The first kappa shape index (κ1) is 22.5. The summed E-state index contributed by atoms with van der Waals surface area (Å²) in [7, 11) is 0. The van der Waals surface area contributed by atoms with E-state index < -0.39 is 5.79 Å². The van der Waals surface area contributed by atoms with Gasteiger partial charge in [-0.25, -0.2) is 5.43 Å². The summed E-state index contributed by atoms with van der Waals surface area (Å²) >= 11 is 2.21. The molecule has 0 bridgehead atoms. The Labute approximate surface area is 189 Å². The Bertz CT molecular complexity index is 883. The Balaban J connectivity index is 1.64. The number of rotatable bonds is 9. The number of nitrogens with one attached hydrogen (secondary N) is 1.